The molecule has 1 saturated heterocycles. The van der Waals surface area contributed by atoms with Gasteiger partial charge in [-0.2, -0.15) is 13.2 Å². The lowest BCUT2D eigenvalue weighted by Gasteiger charge is -2.32. The van der Waals surface area contributed by atoms with E-state index < -0.39 is 17.3 Å². The van der Waals surface area contributed by atoms with Crippen molar-refractivity contribution in [1.29, 1.82) is 0 Å². The molecular weight excluding hydrogens is 391 g/mol. The number of aromatic nitrogens is 1. The molecule has 5 nitrogen and oxygen atoms in total. The van der Waals surface area contributed by atoms with Crippen LogP contribution in [0.3, 0.4) is 0 Å². The van der Waals surface area contributed by atoms with Gasteiger partial charge in [0.05, 0.1) is 12.3 Å². The summed E-state index contributed by atoms with van der Waals surface area (Å²) in [6, 6.07) is 7.72. The number of nitrogens with one attached hydrogen (secondary N) is 1. The van der Waals surface area contributed by atoms with Crippen molar-refractivity contribution in [2.45, 2.75) is 31.5 Å². The Morgan fingerprint density at radius 2 is 2.14 bits per heavy atom. The maximum Gasteiger partial charge on any atom is 0.443 e. The lowest BCUT2D eigenvalue weighted by molar-refractivity contribution is -0.138. The van der Waals surface area contributed by atoms with E-state index >= 15 is 0 Å². The Balaban J connectivity index is 1.53. The first kappa shape index (κ1) is 20.8. The number of hydrogen-bond donors (Lipinski definition) is 1. The summed E-state index contributed by atoms with van der Waals surface area (Å²) in [5, 5.41) is 3.22. The number of ether oxygens (including phenoxy) is 1. The summed E-state index contributed by atoms with van der Waals surface area (Å²) in [6.45, 7) is 4.73. The van der Waals surface area contributed by atoms with Crippen LogP contribution in [0.5, 0.6) is 0 Å². The monoisotopic (exact) mass is 413 g/mol. The first-order chi connectivity index (χ1) is 13.4. The average Bonchev–Trinajstić information content (AvgIpc) is 3.18. The summed E-state index contributed by atoms with van der Waals surface area (Å²) < 4.78 is 43.9. The van der Waals surface area contributed by atoms with Gasteiger partial charge in [-0.25, -0.2) is 4.98 Å². The van der Waals surface area contributed by atoms with Gasteiger partial charge in [0.1, 0.15) is 6.10 Å². The van der Waals surface area contributed by atoms with Crippen molar-refractivity contribution in [2.75, 3.05) is 31.6 Å². The van der Waals surface area contributed by atoms with Crippen LogP contribution in [-0.2, 0) is 15.7 Å². The van der Waals surface area contributed by atoms with E-state index in [-0.39, 0.29) is 0 Å². The molecule has 3 rings (SSSR count). The van der Waals surface area contributed by atoms with Crippen molar-refractivity contribution in [3.8, 4) is 0 Å². The van der Waals surface area contributed by atoms with Gasteiger partial charge in [-0.3, -0.25) is 9.69 Å². The van der Waals surface area contributed by atoms with Gasteiger partial charge in [-0.05, 0) is 36.6 Å². The van der Waals surface area contributed by atoms with E-state index in [9.17, 15) is 18.0 Å². The average molecular weight is 413 g/mol. The summed E-state index contributed by atoms with van der Waals surface area (Å²) in [7, 11) is 0. The SMILES string of the molecule is CC(CCN1CCOC(c2csc(C(F)(F)F)n2)C1)c1ccc(NC=O)cc1. The van der Waals surface area contributed by atoms with E-state index in [1.807, 2.05) is 24.3 Å². The molecule has 1 amide bonds. The molecule has 2 atom stereocenters. The number of rotatable bonds is 7. The molecule has 152 valence electrons. The molecular formula is C19H22F3N3O2S. The molecule has 0 aliphatic carbocycles. The van der Waals surface area contributed by atoms with Crippen LogP contribution < -0.4 is 5.32 Å². The molecule has 9 heteroatoms. The minimum absolute atomic E-state index is 0.322. The molecule has 1 fully saturated rings. The number of nitrogens with zero attached hydrogens (tertiary/aromatic N) is 2. The zero-order chi connectivity index (χ0) is 20.1. The number of benzene rings is 1. The molecule has 2 aromatic rings. The standard InChI is InChI=1S/C19H22F3N3O2S/c1-13(14-2-4-15(5-3-14)23-12-26)6-7-25-8-9-27-17(10-25)16-11-28-18(24-16)19(20,21)22/h2-5,11-13,17H,6-10H2,1H3,(H,23,26). The number of alkyl halides is 3. The van der Waals surface area contributed by atoms with Crippen molar-refractivity contribution < 1.29 is 22.7 Å². The second-order valence-electron chi connectivity index (χ2n) is 6.81. The Morgan fingerprint density at radius 1 is 1.39 bits per heavy atom. The van der Waals surface area contributed by atoms with E-state index in [4.69, 9.17) is 4.74 Å². The van der Waals surface area contributed by atoms with Crippen LogP contribution in [-0.4, -0.2) is 42.5 Å². The second-order valence-corrected chi connectivity index (χ2v) is 7.67. The van der Waals surface area contributed by atoms with E-state index in [2.05, 4.69) is 22.1 Å². The molecule has 0 spiro atoms. The van der Waals surface area contributed by atoms with E-state index in [0.717, 1.165) is 25.2 Å². The van der Waals surface area contributed by atoms with Crippen LogP contribution in [0.2, 0.25) is 0 Å². The number of carbonyl (C=O) groups excluding carboxylic acids is 1. The highest BCUT2D eigenvalue weighted by atomic mass is 32.1. The smallest absolute Gasteiger partial charge is 0.369 e. The minimum atomic E-state index is -4.41. The molecule has 1 aliphatic heterocycles. The zero-order valence-corrected chi connectivity index (χ0v) is 16.2. The fourth-order valence-corrected chi connectivity index (χ4v) is 3.90. The summed E-state index contributed by atoms with van der Waals surface area (Å²) in [6.07, 6.45) is -3.28. The molecule has 1 aromatic carbocycles. The largest absolute Gasteiger partial charge is 0.443 e. The normalized spacial score (nSPS) is 19.4. The van der Waals surface area contributed by atoms with Gasteiger partial charge in [-0.15, -0.1) is 11.3 Å². The van der Waals surface area contributed by atoms with E-state index in [1.165, 1.54) is 10.9 Å². The molecule has 0 radical (unpaired) electrons. The van der Waals surface area contributed by atoms with Gasteiger partial charge in [0.25, 0.3) is 0 Å². The Labute approximate surface area is 165 Å². The number of thiazole rings is 1. The number of hydrogen-bond acceptors (Lipinski definition) is 5. The van der Waals surface area contributed by atoms with Gasteiger partial charge in [0.2, 0.25) is 6.41 Å². The first-order valence-electron chi connectivity index (χ1n) is 9.03. The summed E-state index contributed by atoms with van der Waals surface area (Å²) in [5.41, 5.74) is 2.28. The Kier molecular flexibility index (Phi) is 6.69. The molecule has 2 unspecified atom stereocenters. The predicted molar refractivity (Wildman–Crippen MR) is 101 cm³/mol. The lowest BCUT2D eigenvalue weighted by atomic mass is 9.97. The molecule has 0 bridgehead atoms. The van der Waals surface area contributed by atoms with Crippen LogP contribution >= 0.6 is 11.3 Å². The maximum atomic E-state index is 12.8. The lowest BCUT2D eigenvalue weighted by Crippen LogP contribution is -2.39. The van der Waals surface area contributed by atoms with Crippen LogP contribution in [0.1, 0.15) is 41.6 Å². The predicted octanol–water partition coefficient (Wildman–Crippen LogP) is 4.30. The molecule has 1 N–H and O–H groups in total. The highest BCUT2D eigenvalue weighted by Gasteiger charge is 2.36. The second kappa shape index (κ2) is 9.02. The zero-order valence-electron chi connectivity index (χ0n) is 15.4. The Hall–Kier alpha value is -1.97. The third-order valence-electron chi connectivity index (χ3n) is 4.83. The number of amides is 1. The maximum absolute atomic E-state index is 12.8. The summed E-state index contributed by atoms with van der Waals surface area (Å²) in [5.74, 6) is 0.322. The molecule has 28 heavy (non-hydrogen) atoms. The molecule has 1 aliphatic rings. The third kappa shape index (κ3) is 5.30. The highest BCUT2D eigenvalue weighted by molar-refractivity contribution is 7.09. The van der Waals surface area contributed by atoms with Crippen LogP contribution in [0.25, 0.3) is 0 Å². The number of carbonyl (C=O) groups is 1. The summed E-state index contributed by atoms with van der Waals surface area (Å²) >= 11 is 0.610. The Bertz CT molecular complexity index is 779. The van der Waals surface area contributed by atoms with Crippen LogP contribution in [0.15, 0.2) is 29.6 Å². The fraction of sp³-hybridized carbons (Fsp3) is 0.474. The highest BCUT2D eigenvalue weighted by Crippen LogP contribution is 2.34. The van der Waals surface area contributed by atoms with Gasteiger partial charge < -0.3 is 10.1 Å². The van der Waals surface area contributed by atoms with Crippen molar-refractivity contribution in [1.82, 2.24) is 9.88 Å². The van der Waals surface area contributed by atoms with Crippen molar-refractivity contribution in [2.24, 2.45) is 0 Å². The third-order valence-corrected chi connectivity index (χ3v) is 5.73. The van der Waals surface area contributed by atoms with Crippen molar-refractivity contribution >= 4 is 23.4 Å². The summed E-state index contributed by atoms with van der Waals surface area (Å²) in [4.78, 5) is 16.4. The van der Waals surface area contributed by atoms with Gasteiger partial charge in [-0.1, -0.05) is 19.1 Å². The first-order valence-corrected chi connectivity index (χ1v) is 9.91. The molecule has 1 aromatic heterocycles. The van der Waals surface area contributed by atoms with Crippen molar-refractivity contribution in [3.63, 3.8) is 0 Å². The van der Waals surface area contributed by atoms with Crippen molar-refractivity contribution in [3.05, 3.63) is 45.9 Å². The van der Waals surface area contributed by atoms with Gasteiger partial charge in [0, 0.05) is 24.2 Å². The van der Waals surface area contributed by atoms with Crippen LogP contribution in [0.4, 0.5) is 18.9 Å². The van der Waals surface area contributed by atoms with E-state index in [0.29, 0.717) is 42.5 Å². The van der Waals surface area contributed by atoms with Gasteiger partial charge in [0.15, 0.2) is 5.01 Å². The molecule has 2 heterocycles. The quantitative estimate of drug-likeness (QED) is 0.688. The van der Waals surface area contributed by atoms with Gasteiger partial charge >= 0.3 is 6.18 Å². The van der Waals surface area contributed by atoms with E-state index in [1.54, 1.807) is 0 Å². The topological polar surface area (TPSA) is 54.5 Å². The van der Waals surface area contributed by atoms with Crippen LogP contribution in [0, 0.1) is 0 Å². The number of halogens is 3. The minimum Gasteiger partial charge on any atom is -0.369 e. The number of morpholine rings is 1. The molecule has 0 saturated carbocycles. The number of anilines is 1. The fourth-order valence-electron chi connectivity index (χ4n) is 3.17. The Morgan fingerprint density at radius 3 is 2.79 bits per heavy atom.